The Morgan fingerprint density at radius 3 is 2.62 bits per heavy atom. The lowest BCUT2D eigenvalue weighted by molar-refractivity contribution is -0.152. The van der Waals surface area contributed by atoms with Crippen LogP contribution in [0.2, 0.25) is 0 Å². The Kier molecular flexibility index (Phi) is 15.6. The monoisotopic (exact) mass is 883 g/mol. The van der Waals surface area contributed by atoms with Crippen molar-refractivity contribution in [3.05, 3.63) is 70.3 Å². The SMILES string of the molecule is C=C1/C(=C\C=C2/CCC[C@@]3(C)C2CCC3[C@@H](C)/C=C/C(O)C2CC2)CC(OC(=O)CCC/C(C)=N/NC(=O)CCC(=O)OCC2OC(n3ccc(N)nc3=O)C(F)(F)C2O)C[C@@H]1O. The highest BCUT2D eigenvalue weighted by Crippen LogP contribution is 2.59. The molecule has 5 fully saturated rings. The van der Waals surface area contributed by atoms with Crippen molar-refractivity contribution in [2.45, 2.75) is 153 Å². The highest BCUT2D eigenvalue weighted by Gasteiger charge is 2.60. The fourth-order valence-electron chi connectivity index (χ4n) is 9.88. The largest absolute Gasteiger partial charge is 0.463 e. The summed E-state index contributed by atoms with van der Waals surface area (Å²) in [4.78, 5) is 52.9. The van der Waals surface area contributed by atoms with E-state index in [0.717, 1.165) is 56.4 Å². The molecular weight excluding hydrogens is 821 g/mol. The van der Waals surface area contributed by atoms with E-state index in [1.165, 1.54) is 12.0 Å². The van der Waals surface area contributed by atoms with Gasteiger partial charge in [-0.15, -0.1) is 0 Å². The van der Waals surface area contributed by atoms with Crippen molar-refractivity contribution >= 4 is 29.4 Å². The lowest BCUT2D eigenvalue weighted by atomic mass is 9.61. The Morgan fingerprint density at radius 1 is 1.13 bits per heavy atom. The van der Waals surface area contributed by atoms with Crippen LogP contribution in [0, 0.1) is 29.1 Å². The summed E-state index contributed by atoms with van der Waals surface area (Å²) in [7, 11) is 0. The standard InChI is InChI=1S/C46H63F2N5O10/c1-26(10-17-35(54)30-12-13-30)33-15-16-34-29(8-6-21-45(33,34)4)11-14-31-23-32(24-36(55)28(31)3)62-41(58)9-5-7-27(2)51-52-39(56)18-19-40(57)61-25-37-42(59)46(47,48)43(63-37)53-22-20-38(49)50-44(53)60/h10-11,14,17,20,22,26,30,32-37,42-43,54-55,59H,3,5-9,12-13,15-16,18-19,21,23-25H2,1-2,4H3,(H,52,56)(H2,49,50,60)/b17-10+,29-11+,31-14-,51-27+/t26-,32?,33?,34?,35?,36-,37?,42?,43?,45+/m0/s1. The molecule has 4 saturated carbocycles. The molecule has 1 aromatic heterocycles. The summed E-state index contributed by atoms with van der Waals surface area (Å²) in [6.45, 7) is 9.79. The van der Waals surface area contributed by atoms with Crippen molar-refractivity contribution in [3.63, 3.8) is 0 Å². The number of ether oxygens (including phenoxy) is 3. The fraction of sp³-hybridized carbons (Fsp3) is 0.652. The number of nitrogen functional groups attached to an aromatic ring is 1. The number of halogens is 2. The molecule has 6 rings (SSSR count). The first-order valence-electron chi connectivity index (χ1n) is 22.2. The van der Waals surface area contributed by atoms with Crippen LogP contribution in [-0.2, 0) is 28.6 Å². The second-order valence-electron chi connectivity index (χ2n) is 18.3. The zero-order valence-electron chi connectivity index (χ0n) is 36.4. The highest BCUT2D eigenvalue weighted by atomic mass is 19.3. The number of allylic oxidation sites excluding steroid dienone is 4. The number of aliphatic hydroxyl groups is 3. The quantitative estimate of drug-likeness (QED) is 0.0577. The zero-order chi connectivity index (χ0) is 45.6. The minimum absolute atomic E-state index is 0.0948. The summed E-state index contributed by atoms with van der Waals surface area (Å²) in [5.74, 6) is -4.20. The van der Waals surface area contributed by atoms with E-state index in [-0.39, 0.29) is 36.6 Å². The number of rotatable bonds is 17. The number of hydrogen-bond acceptors (Lipinski definition) is 13. The molecule has 4 aliphatic carbocycles. The summed E-state index contributed by atoms with van der Waals surface area (Å²) in [6, 6.07) is 1.11. The predicted octanol–water partition coefficient (Wildman–Crippen LogP) is 5.36. The molecule has 5 aliphatic rings. The van der Waals surface area contributed by atoms with E-state index in [0.29, 0.717) is 58.8 Å². The van der Waals surface area contributed by atoms with Gasteiger partial charge >= 0.3 is 23.6 Å². The third-order valence-electron chi connectivity index (χ3n) is 13.7. The van der Waals surface area contributed by atoms with Gasteiger partial charge in [0.15, 0.2) is 6.10 Å². The maximum atomic E-state index is 14.7. The van der Waals surface area contributed by atoms with Crippen LogP contribution in [0.3, 0.4) is 0 Å². The van der Waals surface area contributed by atoms with Gasteiger partial charge in [-0.3, -0.25) is 19.0 Å². The Labute approximate surface area is 366 Å². The van der Waals surface area contributed by atoms with Crippen molar-refractivity contribution in [2.24, 2.45) is 34.2 Å². The molecule has 15 nitrogen and oxygen atoms in total. The number of hydrazone groups is 1. The average Bonchev–Trinajstić information content (AvgIpc) is 3.99. The number of fused-ring (bicyclic) bond motifs is 1. The number of anilines is 1. The maximum absolute atomic E-state index is 14.7. The first kappa shape index (κ1) is 47.9. The lowest BCUT2D eigenvalue weighted by Crippen LogP contribution is -2.42. The van der Waals surface area contributed by atoms with Crippen molar-refractivity contribution in [3.8, 4) is 0 Å². The van der Waals surface area contributed by atoms with Crippen LogP contribution in [-0.4, -0.2) is 91.5 Å². The molecule has 6 N–H and O–H groups in total. The average molecular weight is 884 g/mol. The Balaban J connectivity index is 0.896. The van der Waals surface area contributed by atoms with Crippen molar-refractivity contribution in [1.82, 2.24) is 15.0 Å². The van der Waals surface area contributed by atoms with Gasteiger partial charge < -0.3 is 35.3 Å². The van der Waals surface area contributed by atoms with Gasteiger partial charge in [-0.1, -0.05) is 50.3 Å². The molecular formula is C46H63F2N5O10. The molecule has 346 valence electrons. The maximum Gasteiger partial charge on any atom is 0.351 e. The Hall–Kier alpha value is -4.58. The normalized spacial score (nSPS) is 31.8. The van der Waals surface area contributed by atoms with Gasteiger partial charge in [0.05, 0.1) is 18.6 Å². The molecule has 1 aliphatic heterocycles. The third kappa shape index (κ3) is 11.8. The molecule has 1 aromatic rings. The van der Waals surface area contributed by atoms with E-state index in [2.05, 4.69) is 54.2 Å². The van der Waals surface area contributed by atoms with Crippen LogP contribution in [0.15, 0.2) is 69.8 Å². The summed E-state index contributed by atoms with van der Waals surface area (Å²) in [5.41, 5.74) is 10.3. The van der Waals surface area contributed by atoms with Gasteiger partial charge in [-0.05, 0) is 111 Å². The number of aliphatic hydroxyl groups excluding tert-OH is 3. The second-order valence-corrected chi connectivity index (χ2v) is 18.3. The van der Waals surface area contributed by atoms with Gasteiger partial charge in [0.1, 0.15) is 24.6 Å². The van der Waals surface area contributed by atoms with Crippen molar-refractivity contribution in [2.75, 3.05) is 12.3 Å². The molecule has 0 aromatic carbocycles. The van der Waals surface area contributed by atoms with Crippen molar-refractivity contribution < 1.29 is 52.7 Å². The van der Waals surface area contributed by atoms with E-state index in [1.54, 1.807) is 6.92 Å². The van der Waals surface area contributed by atoms with Gasteiger partial charge in [0.2, 0.25) is 12.1 Å². The first-order chi connectivity index (χ1) is 29.9. The van der Waals surface area contributed by atoms with Crippen molar-refractivity contribution in [1.29, 1.82) is 0 Å². The van der Waals surface area contributed by atoms with Gasteiger partial charge in [-0.25, -0.2) is 10.2 Å². The molecule has 1 amide bonds. The van der Waals surface area contributed by atoms with E-state index in [9.17, 15) is 43.3 Å². The Bertz CT molecular complexity index is 2050. The smallest absolute Gasteiger partial charge is 0.351 e. The summed E-state index contributed by atoms with van der Waals surface area (Å²) < 4.78 is 45.8. The number of aromatic nitrogens is 2. The number of carbonyl (C=O) groups excluding carboxylic acids is 3. The van der Waals surface area contributed by atoms with Gasteiger partial charge in [0.25, 0.3) is 0 Å². The van der Waals surface area contributed by atoms with Gasteiger partial charge in [-0.2, -0.15) is 18.9 Å². The fourth-order valence-corrected chi connectivity index (χ4v) is 9.88. The van der Waals surface area contributed by atoms with Crippen LogP contribution >= 0.6 is 0 Å². The third-order valence-corrected chi connectivity index (χ3v) is 13.7. The number of hydrogen-bond donors (Lipinski definition) is 5. The molecule has 0 bridgehead atoms. The summed E-state index contributed by atoms with van der Waals surface area (Å²) in [6.07, 6.45) is 10.3. The zero-order valence-corrected chi connectivity index (χ0v) is 36.4. The number of nitrogens with two attached hydrogens (primary N) is 1. The van der Waals surface area contributed by atoms with Crippen LogP contribution < -0.4 is 16.8 Å². The van der Waals surface area contributed by atoms with Crippen LogP contribution in [0.1, 0.15) is 117 Å². The summed E-state index contributed by atoms with van der Waals surface area (Å²) >= 11 is 0. The predicted molar refractivity (Wildman–Crippen MR) is 229 cm³/mol. The first-order valence-corrected chi connectivity index (χ1v) is 22.2. The van der Waals surface area contributed by atoms with Crippen LogP contribution in [0.25, 0.3) is 0 Å². The number of esters is 2. The number of nitrogens with zero attached hydrogens (tertiary/aromatic N) is 3. The number of amides is 1. The van der Waals surface area contributed by atoms with Gasteiger partial charge in [0, 0.05) is 37.6 Å². The number of carbonyl (C=O) groups is 3. The second kappa shape index (κ2) is 20.5. The molecule has 1 saturated heterocycles. The molecule has 7 unspecified atom stereocenters. The van der Waals surface area contributed by atoms with Crippen LogP contribution in [0.4, 0.5) is 14.6 Å². The van der Waals surface area contributed by atoms with E-state index in [4.69, 9.17) is 19.9 Å². The number of alkyl halides is 2. The minimum Gasteiger partial charge on any atom is -0.463 e. The molecule has 17 heteroatoms. The summed E-state index contributed by atoms with van der Waals surface area (Å²) in [5, 5.41) is 35.4. The van der Waals surface area contributed by atoms with E-state index in [1.807, 2.05) is 6.08 Å². The topological polar surface area (TPSA) is 225 Å². The minimum atomic E-state index is -3.92. The van der Waals surface area contributed by atoms with E-state index >= 15 is 0 Å². The lowest BCUT2D eigenvalue weighted by Gasteiger charge is -2.44. The highest BCUT2D eigenvalue weighted by molar-refractivity contribution is 5.85. The van der Waals surface area contributed by atoms with Crippen LogP contribution in [0.5, 0.6) is 0 Å². The molecule has 10 atom stereocenters. The molecule has 63 heavy (non-hydrogen) atoms. The molecule has 0 radical (unpaired) electrons. The number of nitrogens with one attached hydrogen (secondary N) is 1. The molecule has 0 spiro atoms. The van der Waals surface area contributed by atoms with E-state index < -0.39 is 73.1 Å². The Morgan fingerprint density at radius 2 is 1.89 bits per heavy atom. The molecule has 2 heterocycles.